The fraction of sp³-hybridized carbons (Fsp3) is 0.333. The van der Waals surface area contributed by atoms with Crippen LogP contribution in [0.2, 0.25) is 0 Å². The number of amides is 1. The van der Waals surface area contributed by atoms with Gasteiger partial charge < -0.3 is 10.4 Å². The van der Waals surface area contributed by atoms with Gasteiger partial charge in [0.2, 0.25) is 5.91 Å². The molecule has 1 fully saturated rings. The summed E-state index contributed by atoms with van der Waals surface area (Å²) in [7, 11) is 0. The van der Waals surface area contributed by atoms with Crippen molar-refractivity contribution in [2.24, 2.45) is 0 Å². The number of allylic oxidation sites excluding steroid dienone is 1. The number of aliphatic carboxylic acids is 1. The molecule has 1 heterocycles. The van der Waals surface area contributed by atoms with Gasteiger partial charge in [0.1, 0.15) is 0 Å². The van der Waals surface area contributed by atoms with Crippen LogP contribution in [-0.2, 0) is 9.59 Å². The summed E-state index contributed by atoms with van der Waals surface area (Å²) in [5.74, 6) is -1.12. The highest BCUT2D eigenvalue weighted by molar-refractivity contribution is 5.86. The first-order chi connectivity index (χ1) is 4.68. The molecule has 0 bridgehead atoms. The third-order valence-corrected chi connectivity index (χ3v) is 1.22. The van der Waals surface area contributed by atoms with Crippen molar-refractivity contribution < 1.29 is 14.7 Å². The van der Waals surface area contributed by atoms with E-state index in [9.17, 15) is 9.59 Å². The summed E-state index contributed by atoms with van der Waals surface area (Å²) in [6, 6.07) is 0. The Hall–Kier alpha value is -1.32. The van der Waals surface area contributed by atoms with Crippen LogP contribution in [0.3, 0.4) is 0 Å². The largest absolute Gasteiger partial charge is 0.478 e. The number of carbonyl (C=O) groups is 2. The SMILES string of the molecule is O=C(O)/C=C1/CCC(=O)N1. The molecule has 1 aliphatic rings. The minimum absolute atomic E-state index is 0.104. The summed E-state index contributed by atoms with van der Waals surface area (Å²) in [5.41, 5.74) is 0.498. The fourth-order valence-electron chi connectivity index (χ4n) is 0.810. The van der Waals surface area contributed by atoms with Gasteiger partial charge in [-0.3, -0.25) is 4.79 Å². The van der Waals surface area contributed by atoms with E-state index < -0.39 is 5.97 Å². The Balaban J connectivity index is 2.59. The van der Waals surface area contributed by atoms with Gasteiger partial charge in [0, 0.05) is 18.2 Å². The van der Waals surface area contributed by atoms with E-state index in [-0.39, 0.29) is 5.91 Å². The van der Waals surface area contributed by atoms with E-state index in [2.05, 4.69) is 5.32 Å². The first-order valence-electron chi connectivity index (χ1n) is 2.92. The Bertz CT molecular complexity index is 207. The van der Waals surface area contributed by atoms with Crippen molar-refractivity contribution in [1.82, 2.24) is 5.32 Å². The van der Waals surface area contributed by atoms with Crippen LogP contribution in [0.4, 0.5) is 0 Å². The first kappa shape index (κ1) is 6.80. The normalized spacial score (nSPS) is 21.2. The lowest BCUT2D eigenvalue weighted by Crippen LogP contribution is -2.12. The van der Waals surface area contributed by atoms with Crippen molar-refractivity contribution in [3.8, 4) is 0 Å². The Kier molecular flexibility index (Phi) is 1.71. The van der Waals surface area contributed by atoms with Gasteiger partial charge in [0.25, 0.3) is 0 Å². The molecule has 1 amide bonds. The summed E-state index contributed by atoms with van der Waals surface area (Å²) in [6.07, 6.45) is 1.94. The van der Waals surface area contributed by atoms with E-state index >= 15 is 0 Å². The van der Waals surface area contributed by atoms with E-state index in [1.54, 1.807) is 0 Å². The highest BCUT2D eigenvalue weighted by atomic mass is 16.4. The average Bonchev–Trinajstić information content (AvgIpc) is 2.13. The summed E-state index contributed by atoms with van der Waals surface area (Å²) >= 11 is 0. The van der Waals surface area contributed by atoms with Gasteiger partial charge in [-0.15, -0.1) is 0 Å². The van der Waals surface area contributed by atoms with Crippen LogP contribution in [0.5, 0.6) is 0 Å². The Morgan fingerprint density at radius 3 is 2.70 bits per heavy atom. The topological polar surface area (TPSA) is 66.4 Å². The molecule has 2 N–H and O–H groups in total. The lowest BCUT2D eigenvalue weighted by molar-refractivity contribution is -0.131. The molecule has 0 aromatic carbocycles. The monoisotopic (exact) mass is 141 g/mol. The summed E-state index contributed by atoms with van der Waals surface area (Å²) < 4.78 is 0. The average molecular weight is 141 g/mol. The van der Waals surface area contributed by atoms with Crippen molar-refractivity contribution in [1.29, 1.82) is 0 Å². The van der Waals surface area contributed by atoms with E-state index in [1.165, 1.54) is 0 Å². The van der Waals surface area contributed by atoms with Crippen molar-refractivity contribution in [2.75, 3.05) is 0 Å². The van der Waals surface area contributed by atoms with Crippen LogP contribution in [0, 0.1) is 0 Å². The predicted octanol–water partition coefficient (Wildman–Crippen LogP) is -0.135. The molecule has 4 heteroatoms. The first-order valence-corrected chi connectivity index (χ1v) is 2.92. The lowest BCUT2D eigenvalue weighted by atomic mass is 10.3. The van der Waals surface area contributed by atoms with Gasteiger partial charge in [-0.2, -0.15) is 0 Å². The van der Waals surface area contributed by atoms with Crippen molar-refractivity contribution in [3.63, 3.8) is 0 Å². The van der Waals surface area contributed by atoms with Crippen LogP contribution < -0.4 is 5.32 Å². The zero-order valence-electron chi connectivity index (χ0n) is 5.26. The highest BCUT2D eigenvalue weighted by Gasteiger charge is 2.14. The molecule has 0 unspecified atom stereocenters. The number of carbonyl (C=O) groups excluding carboxylic acids is 1. The minimum atomic E-state index is -1.02. The van der Waals surface area contributed by atoms with Gasteiger partial charge in [0.15, 0.2) is 0 Å². The van der Waals surface area contributed by atoms with E-state index in [4.69, 9.17) is 5.11 Å². The van der Waals surface area contributed by atoms with E-state index in [1.807, 2.05) is 0 Å². The number of hydrogen-bond acceptors (Lipinski definition) is 2. The van der Waals surface area contributed by atoms with Gasteiger partial charge in [0.05, 0.1) is 0 Å². The van der Waals surface area contributed by atoms with Crippen LogP contribution in [0.25, 0.3) is 0 Å². The number of carboxylic acids is 1. The van der Waals surface area contributed by atoms with Gasteiger partial charge in [-0.1, -0.05) is 0 Å². The second-order valence-corrected chi connectivity index (χ2v) is 2.06. The minimum Gasteiger partial charge on any atom is -0.478 e. The van der Waals surface area contributed by atoms with Crippen LogP contribution >= 0.6 is 0 Å². The second-order valence-electron chi connectivity index (χ2n) is 2.06. The predicted molar refractivity (Wildman–Crippen MR) is 33.1 cm³/mol. The van der Waals surface area contributed by atoms with Crippen molar-refractivity contribution in [3.05, 3.63) is 11.8 Å². The maximum atomic E-state index is 10.5. The molecule has 1 rings (SSSR count). The molecule has 0 radical (unpaired) electrons. The number of rotatable bonds is 1. The number of hydrogen-bond donors (Lipinski definition) is 2. The van der Waals surface area contributed by atoms with Crippen molar-refractivity contribution in [2.45, 2.75) is 12.8 Å². The molecular formula is C6H7NO3. The maximum Gasteiger partial charge on any atom is 0.330 e. The fourth-order valence-corrected chi connectivity index (χ4v) is 0.810. The Morgan fingerprint density at radius 1 is 1.60 bits per heavy atom. The number of nitrogens with one attached hydrogen (secondary N) is 1. The number of carboxylic acid groups (broad SMARTS) is 1. The molecule has 0 spiro atoms. The third kappa shape index (κ3) is 1.58. The van der Waals surface area contributed by atoms with Gasteiger partial charge in [-0.25, -0.2) is 4.79 Å². The molecule has 4 nitrogen and oxygen atoms in total. The van der Waals surface area contributed by atoms with Gasteiger partial charge in [-0.05, 0) is 6.42 Å². The van der Waals surface area contributed by atoms with Crippen molar-refractivity contribution >= 4 is 11.9 Å². The molecular weight excluding hydrogens is 134 g/mol. The van der Waals surface area contributed by atoms with Crippen LogP contribution in [0.15, 0.2) is 11.8 Å². The Morgan fingerprint density at radius 2 is 2.30 bits per heavy atom. The smallest absolute Gasteiger partial charge is 0.330 e. The summed E-state index contributed by atoms with van der Waals surface area (Å²) in [4.78, 5) is 20.5. The standard InChI is InChI=1S/C6H7NO3/c8-5-2-1-4(7-5)3-6(9)10/h3H,1-2H2,(H,7,8)(H,9,10)/b4-3-. The molecule has 1 saturated heterocycles. The molecule has 0 aromatic rings. The molecule has 1 aliphatic heterocycles. The molecule has 0 saturated carbocycles. The van der Waals surface area contributed by atoms with Gasteiger partial charge >= 0.3 is 5.97 Å². The zero-order chi connectivity index (χ0) is 7.56. The lowest BCUT2D eigenvalue weighted by Gasteiger charge is -1.91. The Labute approximate surface area is 57.5 Å². The van der Waals surface area contributed by atoms with Crippen LogP contribution in [0.1, 0.15) is 12.8 Å². The molecule has 54 valence electrons. The summed E-state index contributed by atoms with van der Waals surface area (Å²) in [6.45, 7) is 0. The second kappa shape index (κ2) is 2.51. The third-order valence-electron chi connectivity index (χ3n) is 1.22. The van der Waals surface area contributed by atoms with E-state index in [0.29, 0.717) is 18.5 Å². The quantitative estimate of drug-likeness (QED) is 0.499. The maximum absolute atomic E-state index is 10.5. The summed E-state index contributed by atoms with van der Waals surface area (Å²) in [5, 5.41) is 10.7. The highest BCUT2D eigenvalue weighted by Crippen LogP contribution is 2.08. The van der Waals surface area contributed by atoms with E-state index in [0.717, 1.165) is 6.08 Å². The van der Waals surface area contributed by atoms with Crippen LogP contribution in [-0.4, -0.2) is 17.0 Å². The zero-order valence-corrected chi connectivity index (χ0v) is 5.26. The molecule has 0 atom stereocenters. The molecule has 0 aromatic heterocycles. The molecule has 10 heavy (non-hydrogen) atoms. The molecule has 0 aliphatic carbocycles.